The zero-order valence-corrected chi connectivity index (χ0v) is 19.8. The first-order chi connectivity index (χ1) is 15.0. The van der Waals surface area contributed by atoms with Crippen LogP contribution in [0.25, 0.3) is 0 Å². The Hall–Kier alpha value is -2.58. The molecular weight excluding hydrogens is 428 g/mol. The van der Waals surface area contributed by atoms with Gasteiger partial charge in [-0.15, -0.1) is 0 Å². The van der Waals surface area contributed by atoms with Gasteiger partial charge in [-0.3, -0.25) is 4.79 Å². The normalized spacial score (nSPS) is 17.4. The highest BCUT2D eigenvalue weighted by Gasteiger charge is 2.42. The number of aryl methyl sites for hydroxylation is 1. The molecule has 7 nitrogen and oxygen atoms in total. The number of hydrogen-bond acceptors (Lipinski definition) is 5. The summed E-state index contributed by atoms with van der Waals surface area (Å²) in [6, 6.07) is 9.87. The van der Waals surface area contributed by atoms with Crippen molar-refractivity contribution < 1.29 is 22.7 Å². The Morgan fingerprint density at radius 3 is 2.34 bits per heavy atom. The SMILES string of the molecule is Cc1ccc(S(=O)(=O)NC(C)(C)C)cc1C(=O)Nc1ccc2c(c1)OC1(CCCCC1)O2. The molecule has 1 aliphatic heterocycles. The number of ether oxygens (including phenoxy) is 2. The summed E-state index contributed by atoms with van der Waals surface area (Å²) >= 11 is 0. The highest BCUT2D eigenvalue weighted by Crippen LogP contribution is 2.46. The molecule has 2 N–H and O–H groups in total. The Labute approximate surface area is 189 Å². The van der Waals surface area contributed by atoms with Crippen LogP contribution in [0.1, 0.15) is 68.8 Å². The molecule has 172 valence electrons. The van der Waals surface area contributed by atoms with E-state index in [4.69, 9.17) is 9.47 Å². The van der Waals surface area contributed by atoms with Crippen LogP contribution in [0.2, 0.25) is 0 Å². The van der Waals surface area contributed by atoms with Gasteiger partial charge in [0.2, 0.25) is 10.0 Å². The molecule has 1 saturated carbocycles. The molecule has 2 aromatic carbocycles. The molecular formula is C24H30N2O5S. The van der Waals surface area contributed by atoms with Crippen LogP contribution in [-0.2, 0) is 10.0 Å². The van der Waals surface area contributed by atoms with Crippen LogP contribution in [0.3, 0.4) is 0 Å². The summed E-state index contributed by atoms with van der Waals surface area (Å²) in [4.78, 5) is 13.0. The van der Waals surface area contributed by atoms with Crippen molar-refractivity contribution in [3.8, 4) is 11.5 Å². The Morgan fingerprint density at radius 1 is 0.969 bits per heavy atom. The van der Waals surface area contributed by atoms with E-state index >= 15 is 0 Å². The van der Waals surface area contributed by atoms with Gasteiger partial charge in [-0.25, -0.2) is 13.1 Å². The lowest BCUT2D eigenvalue weighted by Crippen LogP contribution is -2.40. The van der Waals surface area contributed by atoms with Gasteiger partial charge in [-0.2, -0.15) is 0 Å². The summed E-state index contributed by atoms with van der Waals surface area (Å²) in [5.74, 6) is 0.332. The van der Waals surface area contributed by atoms with E-state index in [1.165, 1.54) is 18.6 Å². The Bertz CT molecular complexity index is 1150. The first-order valence-corrected chi connectivity index (χ1v) is 12.4. The molecule has 8 heteroatoms. The molecule has 0 atom stereocenters. The van der Waals surface area contributed by atoms with Crippen molar-refractivity contribution in [2.45, 2.75) is 76.0 Å². The largest absolute Gasteiger partial charge is 0.448 e. The second kappa shape index (κ2) is 8.08. The van der Waals surface area contributed by atoms with Crippen LogP contribution in [0.4, 0.5) is 5.69 Å². The van der Waals surface area contributed by atoms with E-state index in [2.05, 4.69) is 10.0 Å². The fourth-order valence-electron chi connectivity index (χ4n) is 4.14. The summed E-state index contributed by atoms with van der Waals surface area (Å²) < 4.78 is 40.2. The van der Waals surface area contributed by atoms with Crippen LogP contribution < -0.4 is 19.5 Å². The fraction of sp³-hybridized carbons (Fsp3) is 0.458. The molecule has 32 heavy (non-hydrogen) atoms. The van der Waals surface area contributed by atoms with Crippen molar-refractivity contribution >= 4 is 21.6 Å². The number of sulfonamides is 1. The van der Waals surface area contributed by atoms with Gasteiger partial charge in [0.25, 0.3) is 11.7 Å². The van der Waals surface area contributed by atoms with Gasteiger partial charge in [0.15, 0.2) is 11.5 Å². The van der Waals surface area contributed by atoms with Crippen molar-refractivity contribution in [1.29, 1.82) is 0 Å². The van der Waals surface area contributed by atoms with Crippen molar-refractivity contribution in [3.05, 3.63) is 47.5 Å². The number of nitrogens with one attached hydrogen (secondary N) is 2. The lowest BCUT2D eigenvalue weighted by Gasteiger charge is -2.31. The van der Waals surface area contributed by atoms with Gasteiger partial charge in [0.1, 0.15) is 0 Å². The molecule has 0 unspecified atom stereocenters. The van der Waals surface area contributed by atoms with E-state index in [-0.39, 0.29) is 10.8 Å². The molecule has 0 aromatic heterocycles. The maximum atomic E-state index is 13.0. The van der Waals surface area contributed by atoms with E-state index in [9.17, 15) is 13.2 Å². The standard InChI is InChI=1S/C24H30N2O5S/c1-16-8-10-18(32(28,29)26-23(2,3)4)15-19(16)22(27)25-17-9-11-20-21(14-17)31-24(30-20)12-6-5-7-13-24/h8-11,14-15,26H,5-7,12-13H2,1-4H3,(H,25,27). The zero-order chi connectivity index (χ0) is 23.1. The summed E-state index contributed by atoms with van der Waals surface area (Å²) in [7, 11) is -3.75. The first kappa shape index (κ1) is 22.6. The van der Waals surface area contributed by atoms with Gasteiger partial charge in [-0.1, -0.05) is 12.5 Å². The third-order valence-corrected chi connectivity index (χ3v) is 7.37. The monoisotopic (exact) mass is 458 g/mol. The molecule has 1 heterocycles. The highest BCUT2D eigenvalue weighted by atomic mass is 32.2. The Kier molecular flexibility index (Phi) is 5.71. The summed E-state index contributed by atoms with van der Waals surface area (Å²) in [5.41, 5.74) is 0.905. The number of hydrogen-bond donors (Lipinski definition) is 2. The topological polar surface area (TPSA) is 93.7 Å². The van der Waals surface area contributed by atoms with Crippen molar-refractivity contribution in [2.75, 3.05) is 5.32 Å². The number of rotatable bonds is 4. The summed E-state index contributed by atoms with van der Waals surface area (Å²) in [6.45, 7) is 7.07. The molecule has 0 bridgehead atoms. The Balaban J connectivity index is 1.54. The number of fused-ring (bicyclic) bond motifs is 1. The maximum absolute atomic E-state index is 13.0. The molecule has 0 saturated heterocycles. The highest BCUT2D eigenvalue weighted by molar-refractivity contribution is 7.89. The van der Waals surface area contributed by atoms with Crippen LogP contribution in [-0.4, -0.2) is 25.7 Å². The molecule has 0 radical (unpaired) electrons. The van der Waals surface area contributed by atoms with Crippen LogP contribution in [0.15, 0.2) is 41.3 Å². The van der Waals surface area contributed by atoms with Crippen molar-refractivity contribution in [3.63, 3.8) is 0 Å². The van der Waals surface area contributed by atoms with Gasteiger partial charge < -0.3 is 14.8 Å². The van der Waals surface area contributed by atoms with Crippen molar-refractivity contribution in [2.24, 2.45) is 0 Å². The minimum Gasteiger partial charge on any atom is -0.448 e. The average Bonchev–Trinajstić information content (AvgIpc) is 3.03. The first-order valence-electron chi connectivity index (χ1n) is 10.9. The van der Waals surface area contributed by atoms with E-state index in [0.717, 1.165) is 25.7 Å². The summed E-state index contributed by atoms with van der Waals surface area (Å²) in [6.07, 6.45) is 5.03. The van der Waals surface area contributed by atoms with Gasteiger partial charge in [0, 0.05) is 35.7 Å². The third-order valence-electron chi connectivity index (χ3n) is 5.61. The van der Waals surface area contributed by atoms with Gasteiger partial charge in [-0.05, 0) is 70.4 Å². The third kappa shape index (κ3) is 4.76. The van der Waals surface area contributed by atoms with Gasteiger partial charge in [0.05, 0.1) is 4.90 Å². The average molecular weight is 459 g/mol. The second-order valence-electron chi connectivity index (χ2n) is 9.62. The minimum atomic E-state index is -3.75. The Morgan fingerprint density at radius 2 is 1.66 bits per heavy atom. The molecule has 1 spiro atoms. The second-order valence-corrected chi connectivity index (χ2v) is 11.3. The minimum absolute atomic E-state index is 0.0492. The lowest BCUT2D eigenvalue weighted by molar-refractivity contribution is -0.105. The number of anilines is 1. The molecule has 1 fully saturated rings. The predicted molar refractivity (Wildman–Crippen MR) is 123 cm³/mol. The number of amides is 1. The van der Waals surface area contributed by atoms with Crippen LogP contribution in [0, 0.1) is 6.92 Å². The van der Waals surface area contributed by atoms with E-state index in [1.807, 2.05) is 0 Å². The lowest BCUT2D eigenvalue weighted by atomic mass is 9.94. The van der Waals surface area contributed by atoms with E-state index in [0.29, 0.717) is 28.3 Å². The molecule has 4 rings (SSSR count). The number of carbonyl (C=O) groups excluding carboxylic acids is 1. The van der Waals surface area contributed by atoms with Crippen molar-refractivity contribution in [1.82, 2.24) is 4.72 Å². The molecule has 1 amide bonds. The molecule has 1 aliphatic carbocycles. The molecule has 2 aromatic rings. The number of carbonyl (C=O) groups is 1. The van der Waals surface area contributed by atoms with Crippen LogP contribution in [0.5, 0.6) is 11.5 Å². The zero-order valence-electron chi connectivity index (χ0n) is 18.9. The van der Waals surface area contributed by atoms with E-state index < -0.39 is 21.3 Å². The smallest absolute Gasteiger partial charge is 0.255 e. The predicted octanol–water partition coefficient (Wildman–Crippen LogP) is 4.76. The van der Waals surface area contributed by atoms with Crippen LogP contribution >= 0.6 is 0 Å². The fourth-order valence-corrected chi connectivity index (χ4v) is 5.58. The number of benzene rings is 2. The quantitative estimate of drug-likeness (QED) is 0.689. The summed E-state index contributed by atoms with van der Waals surface area (Å²) in [5, 5.41) is 2.86. The molecule has 2 aliphatic rings. The maximum Gasteiger partial charge on any atom is 0.255 e. The van der Waals surface area contributed by atoms with Gasteiger partial charge >= 0.3 is 0 Å². The van der Waals surface area contributed by atoms with E-state index in [1.54, 1.807) is 52.0 Å².